The van der Waals surface area contributed by atoms with Gasteiger partial charge in [-0.2, -0.15) is 0 Å². The molecule has 0 aromatic heterocycles. The highest BCUT2D eigenvalue weighted by atomic mass is 35.5. The van der Waals surface area contributed by atoms with E-state index in [0.717, 1.165) is 6.42 Å². The molecule has 2 heteroatoms. The van der Waals surface area contributed by atoms with E-state index in [1.165, 1.54) is 0 Å². The van der Waals surface area contributed by atoms with Gasteiger partial charge in [0.1, 0.15) is 0 Å². The molecule has 0 rings (SSSR count). The molecule has 0 bridgehead atoms. The van der Waals surface area contributed by atoms with Gasteiger partial charge in [0.2, 0.25) is 0 Å². The fourth-order valence-corrected chi connectivity index (χ4v) is 0.335. The molecular weight excluding hydrogens is 112 g/mol. The zero-order valence-electron chi connectivity index (χ0n) is 4.48. The zero-order valence-corrected chi connectivity index (χ0v) is 5.24. The third-order valence-corrected chi connectivity index (χ3v) is 0.878. The van der Waals surface area contributed by atoms with Gasteiger partial charge in [-0.05, 0) is 13.3 Å². The van der Waals surface area contributed by atoms with Crippen LogP contribution in [0.2, 0.25) is 0 Å². The summed E-state index contributed by atoms with van der Waals surface area (Å²) in [6, 6.07) is 0. The molecule has 0 fully saturated rings. The smallest absolute Gasteiger partial charge is 0.0700 e. The lowest BCUT2D eigenvalue weighted by atomic mass is 10.3. The zero-order chi connectivity index (χ0) is 5.70. The fraction of sp³-hybridized carbons (Fsp3) is 0.800. The summed E-state index contributed by atoms with van der Waals surface area (Å²) < 4.78 is 4.52. The Hall–Kier alpha value is 0.250. The van der Waals surface area contributed by atoms with Crippen LogP contribution in [0.3, 0.4) is 0 Å². The molecule has 0 aliphatic carbocycles. The van der Waals surface area contributed by atoms with Crippen molar-refractivity contribution in [3.05, 3.63) is 7.11 Å². The summed E-state index contributed by atoms with van der Waals surface area (Å²) in [5.41, 5.74) is 0. The summed E-state index contributed by atoms with van der Waals surface area (Å²) in [5.74, 6) is 0. The van der Waals surface area contributed by atoms with Gasteiger partial charge in [-0.1, -0.05) is 0 Å². The second kappa shape index (κ2) is 4.41. The van der Waals surface area contributed by atoms with Crippen molar-refractivity contribution in [1.29, 1.82) is 0 Å². The largest absolute Gasteiger partial charge is 0.379 e. The number of alkyl halides is 1. The maximum absolute atomic E-state index is 5.55. The van der Waals surface area contributed by atoms with E-state index in [9.17, 15) is 0 Å². The minimum Gasteiger partial charge on any atom is -0.379 e. The lowest BCUT2D eigenvalue weighted by molar-refractivity contribution is 0.237. The van der Waals surface area contributed by atoms with Crippen molar-refractivity contribution in [2.24, 2.45) is 0 Å². The molecule has 0 amide bonds. The Morgan fingerprint density at radius 3 is 2.57 bits per heavy atom. The van der Waals surface area contributed by atoms with Gasteiger partial charge in [-0.25, -0.2) is 0 Å². The molecule has 0 aliphatic rings. The van der Waals surface area contributed by atoms with Crippen LogP contribution in [0.15, 0.2) is 0 Å². The van der Waals surface area contributed by atoms with Crippen molar-refractivity contribution >= 4 is 11.6 Å². The quantitative estimate of drug-likeness (QED) is 0.518. The highest BCUT2D eigenvalue weighted by molar-refractivity contribution is 6.20. The molecule has 0 aromatic rings. The first-order chi connectivity index (χ1) is 3.27. The van der Waals surface area contributed by atoms with Crippen LogP contribution in [0.5, 0.6) is 0 Å². The van der Waals surface area contributed by atoms with E-state index < -0.39 is 0 Å². The van der Waals surface area contributed by atoms with E-state index in [-0.39, 0.29) is 5.38 Å². The van der Waals surface area contributed by atoms with Gasteiger partial charge in [0.05, 0.1) is 7.11 Å². The maximum atomic E-state index is 5.55. The first kappa shape index (κ1) is 7.25. The standard InChI is InChI=1S/C5H10ClO/c1-5(6)3-4-7-2/h5H,2-4H2,1H3. The van der Waals surface area contributed by atoms with Gasteiger partial charge in [0, 0.05) is 12.0 Å². The first-order valence-electron chi connectivity index (χ1n) is 2.28. The lowest BCUT2D eigenvalue weighted by Crippen LogP contribution is -1.95. The van der Waals surface area contributed by atoms with Crippen molar-refractivity contribution in [3.8, 4) is 0 Å². The summed E-state index contributed by atoms with van der Waals surface area (Å²) in [6.45, 7) is 2.59. The SMILES string of the molecule is [CH2]OCCC(C)Cl. The maximum Gasteiger partial charge on any atom is 0.0700 e. The summed E-state index contributed by atoms with van der Waals surface area (Å²) in [4.78, 5) is 0. The Labute approximate surface area is 49.6 Å². The molecule has 0 aliphatic heterocycles. The number of ether oxygens (including phenoxy) is 1. The highest BCUT2D eigenvalue weighted by Gasteiger charge is 1.91. The van der Waals surface area contributed by atoms with E-state index >= 15 is 0 Å². The molecule has 7 heavy (non-hydrogen) atoms. The van der Waals surface area contributed by atoms with Crippen LogP contribution >= 0.6 is 11.6 Å². The molecule has 0 spiro atoms. The highest BCUT2D eigenvalue weighted by Crippen LogP contribution is 1.98. The van der Waals surface area contributed by atoms with Gasteiger partial charge >= 0.3 is 0 Å². The molecule has 1 nitrogen and oxygen atoms in total. The average molecular weight is 122 g/mol. The molecule has 1 unspecified atom stereocenters. The minimum atomic E-state index is 0.210. The third kappa shape index (κ3) is 6.25. The van der Waals surface area contributed by atoms with Crippen molar-refractivity contribution in [2.75, 3.05) is 6.61 Å². The molecule has 1 atom stereocenters. The average Bonchev–Trinajstić information content (AvgIpc) is 1.61. The van der Waals surface area contributed by atoms with Crippen molar-refractivity contribution in [3.63, 3.8) is 0 Å². The van der Waals surface area contributed by atoms with Crippen molar-refractivity contribution < 1.29 is 4.74 Å². The van der Waals surface area contributed by atoms with E-state index in [4.69, 9.17) is 11.6 Å². The summed E-state index contributed by atoms with van der Waals surface area (Å²) in [5, 5.41) is 0.210. The third-order valence-electron chi connectivity index (χ3n) is 0.660. The summed E-state index contributed by atoms with van der Waals surface area (Å²) >= 11 is 5.55. The van der Waals surface area contributed by atoms with Gasteiger partial charge in [0.25, 0.3) is 0 Å². The topological polar surface area (TPSA) is 9.23 Å². The lowest BCUT2D eigenvalue weighted by Gasteiger charge is -1.97. The number of hydrogen-bond donors (Lipinski definition) is 0. The second-order valence-corrected chi connectivity index (χ2v) is 2.22. The van der Waals surface area contributed by atoms with Crippen molar-refractivity contribution in [1.82, 2.24) is 0 Å². The monoisotopic (exact) mass is 121 g/mol. The first-order valence-corrected chi connectivity index (χ1v) is 2.72. The second-order valence-electron chi connectivity index (χ2n) is 1.48. The van der Waals surface area contributed by atoms with Crippen LogP contribution in [0.1, 0.15) is 13.3 Å². The van der Waals surface area contributed by atoms with Gasteiger partial charge in [0.15, 0.2) is 0 Å². The van der Waals surface area contributed by atoms with Crippen LogP contribution in [0, 0.1) is 7.11 Å². The summed E-state index contributed by atoms with van der Waals surface area (Å²) in [6.07, 6.45) is 0.880. The van der Waals surface area contributed by atoms with Crippen molar-refractivity contribution in [2.45, 2.75) is 18.7 Å². The number of hydrogen-bond acceptors (Lipinski definition) is 1. The fourth-order valence-electron chi connectivity index (χ4n) is 0.246. The Bertz CT molecular complexity index is 37.1. The predicted octanol–water partition coefficient (Wildman–Crippen LogP) is 1.81. The minimum absolute atomic E-state index is 0.210. The Balaban J connectivity index is 2.68. The van der Waals surface area contributed by atoms with Crippen LogP contribution < -0.4 is 0 Å². The Morgan fingerprint density at radius 2 is 2.43 bits per heavy atom. The molecule has 0 saturated heterocycles. The Morgan fingerprint density at radius 1 is 1.86 bits per heavy atom. The number of halogens is 1. The molecule has 0 saturated carbocycles. The molecule has 0 aromatic carbocycles. The van der Waals surface area contributed by atoms with Crippen LogP contribution in [0.25, 0.3) is 0 Å². The molecule has 1 radical (unpaired) electrons. The number of rotatable bonds is 3. The van der Waals surface area contributed by atoms with E-state index in [1.54, 1.807) is 0 Å². The van der Waals surface area contributed by atoms with E-state index in [0.29, 0.717) is 6.61 Å². The molecule has 0 heterocycles. The molecular formula is C5H10ClO. The van der Waals surface area contributed by atoms with E-state index in [1.807, 2.05) is 6.92 Å². The van der Waals surface area contributed by atoms with Gasteiger partial charge in [-0.3, -0.25) is 0 Å². The van der Waals surface area contributed by atoms with E-state index in [2.05, 4.69) is 11.8 Å². The van der Waals surface area contributed by atoms with Gasteiger partial charge < -0.3 is 4.74 Å². The van der Waals surface area contributed by atoms with Gasteiger partial charge in [-0.15, -0.1) is 11.6 Å². The summed E-state index contributed by atoms with van der Waals surface area (Å²) in [7, 11) is 3.20. The predicted molar refractivity (Wildman–Crippen MR) is 31.2 cm³/mol. The van der Waals surface area contributed by atoms with Crippen LogP contribution in [0.4, 0.5) is 0 Å². The van der Waals surface area contributed by atoms with Crippen LogP contribution in [-0.2, 0) is 4.74 Å². The molecule has 43 valence electrons. The molecule has 0 N–H and O–H groups in total. The normalized spacial score (nSPS) is 14.1. The van der Waals surface area contributed by atoms with Crippen LogP contribution in [-0.4, -0.2) is 12.0 Å². The Kier molecular flexibility index (Phi) is 4.57.